The zero-order valence-electron chi connectivity index (χ0n) is 9.57. The fraction of sp³-hybridized carbons (Fsp3) is 0.417. The molecule has 0 bridgehead atoms. The monoisotopic (exact) mass is 254 g/mol. The molecule has 4 nitrogen and oxygen atoms in total. The number of benzene rings is 1. The van der Waals surface area contributed by atoms with Crippen molar-refractivity contribution >= 4 is 23.2 Å². The molecular weight excluding hydrogens is 240 g/mol. The van der Waals surface area contributed by atoms with Gasteiger partial charge in [0.15, 0.2) is 6.10 Å². The number of anilines is 1. The van der Waals surface area contributed by atoms with E-state index in [0.717, 1.165) is 12.8 Å². The summed E-state index contributed by atoms with van der Waals surface area (Å²) in [5.74, 6) is 0.322. The van der Waals surface area contributed by atoms with Gasteiger partial charge in [-0.25, -0.2) is 0 Å². The number of ether oxygens (including phenoxy) is 1. The summed E-state index contributed by atoms with van der Waals surface area (Å²) in [5.41, 5.74) is 6.21. The third-order valence-corrected chi connectivity index (χ3v) is 2.81. The molecule has 1 aliphatic carbocycles. The number of nitrogen functional groups attached to an aromatic ring is 1. The van der Waals surface area contributed by atoms with Crippen molar-refractivity contribution in [2.45, 2.75) is 31.9 Å². The number of carbonyl (C=O) groups excluding carboxylic acids is 1. The quantitative estimate of drug-likeness (QED) is 0.808. The normalized spacial score (nSPS) is 16.4. The van der Waals surface area contributed by atoms with Crippen LogP contribution in [0.5, 0.6) is 5.75 Å². The lowest BCUT2D eigenvalue weighted by Gasteiger charge is -2.16. The van der Waals surface area contributed by atoms with Crippen LogP contribution in [-0.2, 0) is 4.79 Å². The minimum absolute atomic E-state index is 0.119. The van der Waals surface area contributed by atoms with E-state index in [0.29, 0.717) is 22.5 Å². The number of hydrogen-bond donors (Lipinski definition) is 2. The lowest BCUT2D eigenvalue weighted by Crippen LogP contribution is -2.37. The first-order valence-electron chi connectivity index (χ1n) is 5.58. The standard InChI is InChI=1S/C12H15ClN2O2/c1-7(12(16)15-9-3-4-9)17-11-6-8(13)2-5-10(11)14/h2,5-7,9H,3-4,14H2,1H3,(H,15,16). The Morgan fingerprint density at radius 2 is 2.29 bits per heavy atom. The van der Waals surface area contributed by atoms with Crippen LogP contribution in [0.1, 0.15) is 19.8 Å². The van der Waals surface area contributed by atoms with Crippen LogP contribution in [0.4, 0.5) is 5.69 Å². The summed E-state index contributed by atoms with van der Waals surface area (Å²) in [6, 6.07) is 5.27. The van der Waals surface area contributed by atoms with Crippen molar-refractivity contribution in [3.05, 3.63) is 23.2 Å². The van der Waals surface area contributed by atoms with Crippen molar-refractivity contribution in [3.8, 4) is 5.75 Å². The van der Waals surface area contributed by atoms with E-state index in [4.69, 9.17) is 22.1 Å². The Hall–Kier alpha value is -1.42. The molecule has 0 radical (unpaired) electrons. The molecular formula is C12H15ClN2O2. The minimum Gasteiger partial charge on any atom is -0.479 e. The Bertz CT molecular complexity index is 433. The van der Waals surface area contributed by atoms with E-state index in [1.165, 1.54) is 0 Å². The number of nitrogens with one attached hydrogen (secondary N) is 1. The van der Waals surface area contributed by atoms with E-state index in [-0.39, 0.29) is 5.91 Å². The van der Waals surface area contributed by atoms with Crippen molar-refractivity contribution in [2.75, 3.05) is 5.73 Å². The molecule has 1 fully saturated rings. The first-order chi connectivity index (χ1) is 8.06. The first-order valence-corrected chi connectivity index (χ1v) is 5.96. The summed E-state index contributed by atoms with van der Waals surface area (Å²) in [6.07, 6.45) is 1.53. The molecule has 1 saturated carbocycles. The van der Waals surface area contributed by atoms with Gasteiger partial charge in [0.25, 0.3) is 5.91 Å². The maximum Gasteiger partial charge on any atom is 0.260 e. The predicted octanol–water partition coefficient (Wildman–Crippen LogP) is 1.97. The molecule has 3 N–H and O–H groups in total. The number of rotatable bonds is 4. The van der Waals surface area contributed by atoms with E-state index in [1.54, 1.807) is 25.1 Å². The van der Waals surface area contributed by atoms with Crippen LogP contribution in [0.2, 0.25) is 5.02 Å². The smallest absolute Gasteiger partial charge is 0.260 e. The number of nitrogens with two attached hydrogens (primary N) is 1. The van der Waals surface area contributed by atoms with Gasteiger partial charge < -0.3 is 15.8 Å². The molecule has 1 aliphatic rings. The maximum absolute atomic E-state index is 11.7. The fourth-order valence-electron chi connectivity index (χ4n) is 1.40. The van der Waals surface area contributed by atoms with Gasteiger partial charge in [0, 0.05) is 17.1 Å². The van der Waals surface area contributed by atoms with Crippen LogP contribution in [0.25, 0.3) is 0 Å². The third-order valence-electron chi connectivity index (χ3n) is 2.57. The number of hydrogen-bond acceptors (Lipinski definition) is 3. The lowest BCUT2D eigenvalue weighted by atomic mass is 10.3. The van der Waals surface area contributed by atoms with Gasteiger partial charge in [-0.15, -0.1) is 0 Å². The summed E-state index contributed by atoms with van der Waals surface area (Å²) in [7, 11) is 0. The van der Waals surface area contributed by atoms with Gasteiger partial charge in [0.1, 0.15) is 5.75 Å². The summed E-state index contributed by atoms with van der Waals surface area (Å²) in [5, 5.41) is 3.40. The highest BCUT2D eigenvalue weighted by Gasteiger charge is 2.26. The van der Waals surface area contributed by atoms with E-state index in [9.17, 15) is 4.79 Å². The lowest BCUT2D eigenvalue weighted by molar-refractivity contribution is -0.127. The van der Waals surface area contributed by atoms with Crippen LogP contribution >= 0.6 is 11.6 Å². The predicted molar refractivity (Wildman–Crippen MR) is 67.1 cm³/mol. The largest absolute Gasteiger partial charge is 0.479 e. The zero-order valence-corrected chi connectivity index (χ0v) is 10.3. The molecule has 2 rings (SSSR count). The molecule has 0 heterocycles. The van der Waals surface area contributed by atoms with E-state index >= 15 is 0 Å². The Kier molecular flexibility index (Phi) is 3.43. The van der Waals surface area contributed by atoms with E-state index in [2.05, 4.69) is 5.32 Å². The summed E-state index contributed by atoms with van der Waals surface area (Å²) >= 11 is 5.84. The van der Waals surface area contributed by atoms with Crippen LogP contribution < -0.4 is 15.8 Å². The summed E-state index contributed by atoms with van der Waals surface area (Å²) in [6.45, 7) is 1.69. The third kappa shape index (κ3) is 3.27. The van der Waals surface area contributed by atoms with Crippen LogP contribution in [0, 0.1) is 0 Å². The molecule has 0 saturated heterocycles. The molecule has 1 atom stereocenters. The average Bonchev–Trinajstić information content (AvgIpc) is 3.07. The van der Waals surface area contributed by atoms with Crippen molar-refractivity contribution in [2.24, 2.45) is 0 Å². The summed E-state index contributed by atoms with van der Waals surface area (Å²) < 4.78 is 5.49. The van der Waals surface area contributed by atoms with Crippen molar-refractivity contribution < 1.29 is 9.53 Å². The molecule has 0 spiro atoms. The Balaban J connectivity index is 1.98. The second-order valence-electron chi connectivity index (χ2n) is 4.23. The Morgan fingerprint density at radius 3 is 2.94 bits per heavy atom. The number of amides is 1. The highest BCUT2D eigenvalue weighted by Crippen LogP contribution is 2.26. The second-order valence-corrected chi connectivity index (χ2v) is 4.66. The topological polar surface area (TPSA) is 64.3 Å². The van der Waals surface area contributed by atoms with Crippen LogP contribution in [-0.4, -0.2) is 18.1 Å². The minimum atomic E-state index is -0.573. The van der Waals surface area contributed by atoms with Gasteiger partial charge in [-0.05, 0) is 31.9 Å². The molecule has 1 amide bonds. The fourth-order valence-corrected chi connectivity index (χ4v) is 1.56. The van der Waals surface area contributed by atoms with Gasteiger partial charge in [0.2, 0.25) is 0 Å². The molecule has 1 aromatic carbocycles. The first kappa shape index (κ1) is 12.0. The van der Waals surface area contributed by atoms with E-state index in [1.807, 2.05) is 0 Å². The van der Waals surface area contributed by atoms with E-state index < -0.39 is 6.10 Å². The second kappa shape index (κ2) is 4.84. The SMILES string of the molecule is CC(Oc1cc(Cl)ccc1N)C(=O)NC1CC1. The molecule has 1 aromatic rings. The molecule has 5 heteroatoms. The highest BCUT2D eigenvalue weighted by molar-refractivity contribution is 6.30. The van der Waals surface area contributed by atoms with Gasteiger partial charge in [-0.2, -0.15) is 0 Å². The molecule has 17 heavy (non-hydrogen) atoms. The molecule has 1 unspecified atom stereocenters. The number of carbonyl (C=O) groups is 1. The molecule has 0 aliphatic heterocycles. The van der Waals surface area contributed by atoms with Gasteiger partial charge in [-0.1, -0.05) is 11.6 Å². The van der Waals surface area contributed by atoms with Crippen molar-refractivity contribution in [1.82, 2.24) is 5.32 Å². The van der Waals surface area contributed by atoms with Crippen molar-refractivity contribution in [1.29, 1.82) is 0 Å². The Labute approximate surface area is 105 Å². The van der Waals surface area contributed by atoms with Gasteiger partial charge >= 0.3 is 0 Å². The molecule has 0 aromatic heterocycles. The van der Waals surface area contributed by atoms with Crippen LogP contribution in [0.3, 0.4) is 0 Å². The summed E-state index contributed by atoms with van der Waals surface area (Å²) in [4.78, 5) is 11.7. The van der Waals surface area contributed by atoms with Gasteiger partial charge in [-0.3, -0.25) is 4.79 Å². The average molecular weight is 255 g/mol. The molecule has 92 valence electrons. The van der Waals surface area contributed by atoms with Gasteiger partial charge in [0.05, 0.1) is 5.69 Å². The highest BCUT2D eigenvalue weighted by atomic mass is 35.5. The van der Waals surface area contributed by atoms with Crippen LogP contribution in [0.15, 0.2) is 18.2 Å². The number of halogens is 1. The Morgan fingerprint density at radius 1 is 1.59 bits per heavy atom. The zero-order chi connectivity index (χ0) is 12.4. The maximum atomic E-state index is 11.7. The van der Waals surface area contributed by atoms with Crippen molar-refractivity contribution in [3.63, 3.8) is 0 Å².